The van der Waals surface area contributed by atoms with E-state index in [1.54, 1.807) is 28.3 Å². The van der Waals surface area contributed by atoms with E-state index in [1.807, 2.05) is 13.0 Å². The number of ether oxygens (including phenoxy) is 5. The molecule has 0 spiro atoms. The number of Topliss-reactive ketones (excluding diaryl/α,β-unsaturated/α-hetero) is 1. The molecule has 0 radical (unpaired) electrons. The lowest BCUT2D eigenvalue weighted by Gasteiger charge is -2.33. The molecule has 5 aromatic carbocycles. The zero-order valence-corrected chi connectivity index (χ0v) is 39.3. The number of carbonyl (C=O) groups excluding carboxylic acids is 1. The van der Waals surface area contributed by atoms with Crippen molar-refractivity contribution in [2.75, 3.05) is 112 Å². The highest BCUT2D eigenvalue weighted by Gasteiger charge is 2.37. The predicted octanol–water partition coefficient (Wildman–Crippen LogP) is 5.78. The first kappa shape index (κ1) is 48.0. The van der Waals surface area contributed by atoms with Gasteiger partial charge in [-0.2, -0.15) is 0 Å². The first-order chi connectivity index (χ1) is 32.1. The van der Waals surface area contributed by atoms with Crippen LogP contribution in [0.3, 0.4) is 0 Å². The van der Waals surface area contributed by atoms with Crippen molar-refractivity contribution in [3.8, 4) is 11.5 Å². The molecule has 14 heteroatoms. The Bertz CT molecular complexity index is 2690. The number of allylic oxidation sites excluding steroid dienone is 1. The van der Waals surface area contributed by atoms with Gasteiger partial charge in [0.05, 0.1) is 82.3 Å². The minimum atomic E-state index is -0.801. The number of aliphatic hydroxyl groups excluding tert-OH is 2. The lowest BCUT2D eigenvalue weighted by Crippen LogP contribution is -2.38. The average molecular weight is 910 g/mol. The highest BCUT2D eigenvalue weighted by molar-refractivity contribution is 6.39. The third-order valence-electron chi connectivity index (χ3n) is 14.7. The molecule has 2 aliphatic heterocycles. The van der Waals surface area contributed by atoms with Crippen molar-refractivity contribution >= 4 is 60.6 Å². The van der Waals surface area contributed by atoms with Crippen molar-refractivity contribution < 1.29 is 43.8 Å². The van der Waals surface area contributed by atoms with Crippen LogP contribution < -0.4 is 20.9 Å². The number of carbonyl (C=O) groups is 1. The molecule has 2 fully saturated rings. The smallest absolute Gasteiger partial charge is 0.190 e. The van der Waals surface area contributed by atoms with Gasteiger partial charge in [-0.25, -0.2) is 0 Å². The number of benzene rings is 5. The number of hydrogen-bond acceptors (Lipinski definition) is 14. The second-order valence-electron chi connectivity index (χ2n) is 18.6. The number of piperidine rings is 2. The molecular formula is C52H67N3O11. The molecule has 14 nitrogen and oxygen atoms in total. The van der Waals surface area contributed by atoms with Crippen LogP contribution in [-0.2, 0) is 43.4 Å². The topological polar surface area (TPSA) is 177 Å². The number of phenolic OH excluding ortho intramolecular Hbond substituents is 1. The van der Waals surface area contributed by atoms with Crippen LogP contribution in [0.25, 0.3) is 49.2 Å². The number of likely N-dealkylation sites (tertiary alicyclic amines) is 2. The van der Waals surface area contributed by atoms with Crippen molar-refractivity contribution in [2.24, 2.45) is 11.8 Å². The summed E-state index contributed by atoms with van der Waals surface area (Å²) in [6.07, 6.45) is 7.06. The summed E-state index contributed by atoms with van der Waals surface area (Å²) >= 11 is 0. The summed E-state index contributed by atoms with van der Waals surface area (Å²) in [5.41, 5.74) is 3.00. The van der Waals surface area contributed by atoms with Gasteiger partial charge in [-0.05, 0) is 141 Å². The van der Waals surface area contributed by atoms with Crippen LogP contribution in [0.4, 0.5) is 5.69 Å². The van der Waals surface area contributed by atoms with Crippen molar-refractivity contribution in [1.82, 2.24) is 9.80 Å². The maximum absolute atomic E-state index is 14.7. The number of aliphatic hydroxyl groups is 2. The molecule has 5 aromatic rings. The molecule has 356 valence electrons. The van der Waals surface area contributed by atoms with Gasteiger partial charge in [-0.15, -0.1) is 0 Å². The Morgan fingerprint density at radius 2 is 1.26 bits per heavy atom. The van der Waals surface area contributed by atoms with E-state index >= 15 is 0 Å². The third kappa shape index (κ3) is 9.11. The fraction of sp³-hybridized carbons (Fsp3) is 0.558. The van der Waals surface area contributed by atoms with E-state index in [-0.39, 0.29) is 28.3 Å². The summed E-state index contributed by atoms with van der Waals surface area (Å²) in [7, 11) is 4.89. The number of fused-ring (bicyclic) bond motifs is 1. The summed E-state index contributed by atoms with van der Waals surface area (Å²) in [4.78, 5) is 48.2. The van der Waals surface area contributed by atoms with E-state index < -0.39 is 24.6 Å². The summed E-state index contributed by atoms with van der Waals surface area (Å²) in [5, 5.41) is 41.9. The summed E-state index contributed by atoms with van der Waals surface area (Å²) in [6, 6.07) is 2.81. The Morgan fingerprint density at radius 3 is 1.79 bits per heavy atom. The number of hydrogen-bond donors (Lipinski definition) is 4. The van der Waals surface area contributed by atoms with Crippen molar-refractivity contribution in [1.29, 1.82) is 0 Å². The largest absolute Gasteiger partial charge is 0.507 e. The Balaban J connectivity index is 1.27. The second kappa shape index (κ2) is 21.2. The maximum Gasteiger partial charge on any atom is 0.190 e. The molecule has 66 heavy (non-hydrogen) atoms. The summed E-state index contributed by atoms with van der Waals surface area (Å²) in [5.74, 6) is 0.00211. The molecule has 1 aliphatic carbocycles. The van der Waals surface area contributed by atoms with Crippen LogP contribution in [-0.4, -0.2) is 138 Å². The molecule has 4 N–H and O–H groups in total. The molecule has 0 aromatic heterocycles. The monoisotopic (exact) mass is 909 g/mol. The SMILES string of the molecule is COCCOCCN1CCC(CCc2c(O)c3c(=O)cc(CO)c4c5c(CO)cc(=O)c6c(NCC7CCN(CCOCCOC)CC7)c(OC)c7c(c(c2C=C(C)C7C(C)=O)c34)c65)CC1. The Morgan fingerprint density at radius 1 is 0.712 bits per heavy atom. The molecule has 1 atom stereocenters. The number of methoxy groups -OCH3 is 3. The molecule has 2 heterocycles. The highest BCUT2D eigenvalue weighted by atomic mass is 16.5. The molecule has 0 bridgehead atoms. The van der Waals surface area contributed by atoms with Gasteiger partial charge in [-0.3, -0.25) is 14.4 Å². The first-order valence-corrected chi connectivity index (χ1v) is 23.7. The predicted molar refractivity (Wildman–Crippen MR) is 259 cm³/mol. The van der Waals surface area contributed by atoms with Crippen LogP contribution in [0.5, 0.6) is 11.5 Å². The third-order valence-corrected chi connectivity index (χ3v) is 14.7. The molecule has 2 saturated heterocycles. The number of anilines is 1. The van der Waals surface area contributed by atoms with Gasteiger partial charge in [-0.1, -0.05) is 11.6 Å². The normalized spacial score (nSPS) is 17.8. The number of nitrogens with zero attached hydrogens (tertiary/aromatic N) is 2. The van der Waals surface area contributed by atoms with Gasteiger partial charge in [0, 0.05) is 55.8 Å². The maximum atomic E-state index is 14.7. The number of aromatic hydroxyl groups is 1. The van der Waals surface area contributed by atoms with E-state index in [1.165, 1.54) is 12.1 Å². The lowest BCUT2D eigenvalue weighted by atomic mass is 9.78. The van der Waals surface area contributed by atoms with E-state index in [2.05, 4.69) is 15.1 Å². The molecule has 1 unspecified atom stereocenters. The van der Waals surface area contributed by atoms with Gasteiger partial charge in [0.1, 0.15) is 17.3 Å². The fourth-order valence-electron chi connectivity index (χ4n) is 11.3. The highest BCUT2D eigenvalue weighted by Crippen LogP contribution is 2.56. The van der Waals surface area contributed by atoms with Crippen molar-refractivity contribution in [3.63, 3.8) is 0 Å². The lowest BCUT2D eigenvalue weighted by molar-refractivity contribution is -0.117. The van der Waals surface area contributed by atoms with E-state index in [0.717, 1.165) is 76.9 Å². The summed E-state index contributed by atoms with van der Waals surface area (Å²) < 4.78 is 28.0. The second-order valence-corrected chi connectivity index (χ2v) is 18.6. The zero-order chi connectivity index (χ0) is 46.6. The standard InChI is InChI=1S/C52H67N3O11/c1-30-24-37-36(7-6-32-8-12-54(13-9-32)16-18-65-22-20-62-3)51(61)45-39(60)26-35(29-57)41-42-34(28-56)25-38(59)44-47(42)48(43(37)46(41)45)49(40(30)31(2)58)52(64-5)50(44)53-27-33-10-14-55(15-11-33)17-19-66-23-21-63-4/h24-26,32-33,40,53,56-57,61H,6-23,27-29H2,1-5H3. The van der Waals surface area contributed by atoms with Crippen LogP contribution >= 0.6 is 0 Å². The van der Waals surface area contributed by atoms with Gasteiger partial charge in [0.25, 0.3) is 0 Å². The minimum Gasteiger partial charge on any atom is -0.507 e. The van der Waals surface area contributed by atoms with Crippen LogP contribution in [0, 0.1) is 11.8 Å². The van der Waals surface area contributed by atoms with Crippen molar-refractivity contribution in [3.05, 3.63) is 66.0 Å². The van der Waals surface area contributed by atoms with E-state index in [9.17, 15) is 29.7 Å². The Labute approximate surface area is 386 Å². The van der Waals surface area contributed by atoms with Gasteiger partial charge >= 0.3 is 0 Å². The van der Waals surface area contributed by atoms with Gasteiger partial charge < -0.3 is 54.1 Å². The number of rotatable bonds is 22. The first-order valence-electron chi connectivity index (χ1n) is 23.7. The fourth-order valence-corrected chi connectivity index (χ4v) is 11.3. The van der Waals surface area contributed by atoms with E-state index in [4.69, 9.17) is 23.7 Å². The molecule has 0 saturated carbocycles. The van der Waals surface area contributed by atoms with Crippen LogP contribution in [0.1, 0.15) is 79.7 Å². The molecule has 0 amide bonds. The number of nitrogens with one attached hydrogen (secondary N) is 1. The molecular weight excluding hydrogens is 843 g/mol. The van der Waals surface area contributed by atoms with Crippen LogP contribution in [0.15, 0.2) is 27.3 Å². The average Bonchev–Trinajstić information content (AvgIpc) is 3.45. The zero-order valence-electron chi connectivity index (χ0n) is 39.3. The Kier molecular flexibility index (Phi) is 15.4. The minimum absolute atomic E-state index is 0.113. The van der Waals surface area contributed by atoms with Gasteiger partial charge in [0.2, 0.25) is 0 Å². The molecule has 3 aliphatic rings. The summed E-state index contributed by atoms with van der Waals surface area (Å²) in [6.45, 7) is 12.0. The van der Waals surface area contributed by atoms with Gasteiger partial charge in [0.15, 0.2) is 10.9 Å². The van der Waals surface area contributed by atoms with Crippen LogP contribution in [0.2, 0.25) is 0 Å². The number of phenols is 1. The Hall–Kier alpha value is -4.51. The van der Waals surface area contributed by atoms with E-state index in [0.29, 0.717) is 135 Å². The number of ketones is 1. The van der Waals surface area contributed by atoms with Crippen molar-refractivity contribution in [2.45, 2.75) is 71.5 Å². The quantitative estimate of drug-likeness (QED) is 0.0374. The molecule has 8 rings (SSSR count).